The topological polar surface area (TPSA) is 59.6 Å². The van der Waals surface area contributed by atoms with Crippen molar-refractivity contribution in [1.29, 1.82) is 0 Å². The Bertz CT molecular complexity index is 813. The predicted octanol–water partition coefficient (Wildman–Crippen LogP) is 3.86. The van der Waals surface area contributed by atoms with E-state index < -0.39 is 23.7 Å². The molecule has 0 saturated heterocycles. The molecule has 1 heterocycles. The largest absolute Gasteiger partial charge is 0.486 e. The molecule has 2 atom stereocenters. The van der Waals surface area contributed by atoms with Gasteiger partial charge in [-0.3, -0.25) is 0 Å². The minimum Gasteiger partial charge on any atom is -0.486 e. The minimum atomic E-state index is -0.943. The van der Waals surface area contributed by atoms with Gasteiger partial charge in [-0.05, 0) is 49.2 Å². The average Bonchev–Trinajstić information content (AvgIpc) is 2.63. The molecule has 26 heavy (non-hydrogen) atoms. The fraction of sp³-hybridized carbons (Fsp3) is 0.316. The number of ether oxygens (including phenoxy) is 2. The zero-order valence-corrected chi connectivity index (χ0v) is 14.5. The zero-order chi connectivity index (χ0) is 18.7. The highest BCUT2D eigenvalue weighted by molar-refractivity contribution is 5.75. The molecular formula is C19H20F2N2O3. The van der Waals surface area contributed by atoms with Crippen LogP contribution in [0.25, 0.3) is 0 Å². The molecule has 0 aromatic heterocycles. The number of halogens is 2. The predicted molar refractivity (Wildman–Crippen MR) is 92.3 cm³/mol. The third kappa shape index (κ3) is 4.04. The number of carbonyl (C=O) groups excluding carboxylic acids is 1. The molecule has 5 nitrogen and oxygen atoms in total. The fourth-order valence-corrected chi connectivity index (χ4v) is 2.71. The second-order valence-electron chi connectivity index (χ2n) is 6.14. The van der Waals surface area contributed by atoms with E-state index in [0.29, 0.717) is 30.3 Å². The van der Waals surface area contributed by atoms with Gasteiger partial charge in [-0.25, -0.2) is 13.6 Å². The lowest BCUT2D eigenvalue weighted by Crippen LogP contribution is -2.38. The van der Waals surface area contributed by atoms with Crippen LogP contribution in [0, 0.1) is 11.6 Å². The normalized spacial score (nSPS) is 15.1. The van der Waals surface area contributed by atoms with Crippen LogP contribution >= 0.6 is 0 Å². The van der Waals surface area contributed by atoms with E-state index in [0.717, 1.165) is 17.7 Å². The van der Waals surface area contributed by atoms with Crippen LogP contribution in [0.15, 0.2) is 36.4 Å². The third-order valence-corrected chi connectivity index (χ3v) is 4.21. The number of hydrogen-bond acceptors (Lipinski definition) is 3. The van der Waals surface area contributed by atoms with Gasteiger partial charge in [0.05, 0.1) is 12.1 Å². The van der Waals surface area contributed by atoms with E-state index in [2.05, 4.69) is 10.6 Å². The number of fused-ring (bicyclic) bond motifs is 1. The van der Waals surface area contributed by atoms with Crippen LogP contribution in [-0.4, -0.2) is 19.2 Å². The van der Waals surface area contributed by atoms with Crippen molar-refractivity contribution in [2.24, 2.45) is 0 Å². The van der Waals surface area contributed by atoms with Crippen molar-refractivity contribution in [3.8, 4) is 11.5 Å². The van der Waals surface area contributed by atoms with Gasteiger partial charge in [0, 0.05) is 0 Å². The molecule has 2 aromatic carbocycles. The zero-order valence-electron chi connectivity index (χ0n) is 14.5. The smallest absolute Gasteiger partial charge is 0.315 e. The van der Waals surface area contributed by atoms with E-state index in [4.69, 9.17) is 9.47 Å². The Balaban J connectivity index is 1.61. The standard InChI is InChI=1S/C19H20F2N2O3/c1-11(13-3-5-15(20)16(21)9-13)22-19(24)23-12(2)14-4-6-17-18(10-14)26-8-7-25-17/h3-6,9-12H,7-8H2,1-2H3,(H2,22,23,24). The van der Waals surface area contributed by atoms with Gasteiger partial charge in [0.2, 0.25) is 0 Å². The van der Waals surface area contributed by atoms with Crippen molar-refractivity contribution >= 4 is 6.03 Å². The summed E-state index contributed by atoms with van der Waals surface area (Å²) in [6.07, 6.45) is 0. The van der Waals surface area contributed by atoms with Crippen LogP contribution in [0.1, 0.15) is 37.1 Å². The Kier molecular flexibility index (Phi) is 5.25. The number of amides is 2. The Labute approximate surface area is 150 Å². The number of nitrogens with one attached hydrogen (secondary N) is 2. The van der Waals surface area contributed by atoms with Gasteiger partial charge in [-0.1, -0.05) is 12.1 Å². The summed E-state index contributed by atoms with van der Waals surface area (Å²) in [4.78, 5) is 12.2. The van der Waals surface area contributed by atoms with E-state index in [9.17, 15) is 13.6 Å². The minimum absolute atomic E-state index is 0.275. The van der Waals surface area contributed by atoms with Crippen molar-refractivity contribution in [2.75, 3.05) is 13.2 Å². The lowest BCUT2D eigenvalue weighted by atomic mass is 10.1. The highest BCUT2D eigenvalue weighted by Gasteiger charge is 2.17. The summed E-state index contributed by atoms with van der Waals surface area (Å²) in [6.45, 7) is 4.54. The molecule has 0 aliphatic carbocycles. The molecule has 2 N–H and O–H groups in total. The number of rotatable bonds is 4. The highest BCUT2D eigenvalue weighted by atomic mass is 19.2. The van der Waals surface area contributed by atoms with Crippen LogP contribution in [0.3, 0.4) is 0 Å². The van der Waals surface area contributed by atoms with Crippen molar-refractivity contribution in [3.05, 3.63) is 59.2 Å². The maximum Gasteiger partial charge on any atom is 0.315 e. The molecule has 2 amide bonds. The number of benzene rings is 2. The molecule has 2 aromatic rings. The monoisotopic (exact) mass is 362 g/mol. The number of carbonyl (C=O) groups is 1. The molecule has 0 saturated carbocycles. The van der Waals surface area contributed by atoms with Gasteiger partial charge in [0.1, 0.15) is 13.2 Å². The Morgan fingerprint density at radius 2 is 1.46 bits per heavy atom. The summed E-state index contributed by atoms with van der Waals surface area (Å²) in [5, 5.41) is 5.53. The van der Waals surface area contributed by atoms with Gasteiger partial charge in [0.25, 0.3) is 0 Å². The van der Waals surface area contributed by atoms with Gasteiger partial charge in [-0.2, -0.15) is 0 Å². The molecule has 1 aliphatic heterocycles. The van der Waals surface area contributed by atoms with Crippen LogP contribution in [0.2, 0.25) is 0 Å². The van der Waals surface area contributed by atoms with E-state index in [1.807, 2.05) is 25.1 Å². The third-order valence-electron chi connectivity index (χ3n) is 4.21. The van der Waals surface area contributed by atoms with Crippen molar-refractivity contribution < 1.29 is 23.0 Å². The summed E-state index contributed by atoms with van der Waals surface area (Å²) < 4.78 is 37.4. The quantitative estimate of drug-likeness (QED) is 0.868. The van der Waals surface area contributed by atoms with Crippen molar-refractivity contribution in [2.45, 2.75) is 25.9 Å². The maximum atomic E-state index is 13.3. The molecule has 3 rings (SSSR count). The number of hydrogen-bond donors (Lipinski definition) is 2. The molecular weight excluding hydrogens is 342 g/mol. The fourth-order valence-electron chi connectivity index (χ4n) is 2.71. The lowest BCUT2D eigenvalue weighted by Gasteiger charge is -2.22. The molecule has 0 bridgehead atoms. The maximum absolute atomic E-state index is 13.3. The first kappa shape index (κ1) is 18.0. The molecule has 2 unspecified atom stereocenters. The Morgan fingerprint density at radius 3 is 2.12 bits per heavy atom. The van der Waals surface area contributed by atoms with E-state index >= 15 is 0 Å². The molecule has 0 spiro atoms. The first-order chi connectivity index (χ1) is 12.4. The Hall–Kier alpha value is -2.83. The molecule has 0 fully saturated rings. The second-order valence-corrected chi connectivity index (χ2v) is 6.14. The van der Waals surface area contributed by atoms with Crippen LogP contribution in [-0.2, 0) is 0 Å². The SMILES string of the molecule is CC(NC(=O)NC(C)c1ccc2c(c1)OCCO2)c1ccc(F)c(F)c1. The van der Waals surface area contributed by atoms with Crippen molar-refractivity contribution in [3.63, 3.8) is 0 Å². The summed E-state index contributed by atoms with van der Waals surface area (Å²) in [6, 6.07) is 7.89. The van der Waals surface area contributed by atoms with Gasteiger partial charge >= 0.3 is 6.03 Å². The second kappa shape index (κ2) is 7.59. The first-order valence-electron chi connectivity index (χ1n) is 8.35. The van der Waals surface area contributed by atoms with Crippen LogP contribution < -0.4 is 20.1 Å². The van der Waals surface area contributed by atoms with Crippen LogP contribution in [0.5, 0.6) is 11.5 Å². The summed E-state index contributed by atoms with van der Waals surface area (Å²) in [5.74, 6) is -0.527. The van der Waals surface area contributed by atoms with E-state index in [1.165, 1.54) is 6.07 Å². The molecule has 7 heteroatoms. The van der Waals surface area contributed by atoms with Gasteiger partial charge in [-0.15, -0.1) is 0 Å². The summed E-state index contributed by atoms with van der Waals surface area (Å²) in [7, 11) is 0. The van der Waals surface area contributed by atoms with Crippen molar-refractivity contribution in [1.82, 2.24) is 10.6 Å². The number of urea groups is 1. The Morgan fingerprint density at radius 1 is 0.885 bits per heavy atom. The molecule has 1 aliphatic rings. The molecule has 138 valence electrons. The average molecular weight is 362 g/mol. The summed E-state index contributed by atoms with van der Waals surface area (Å²) >= 11 is 0. The lowest BCUT2D eigenvalue weighted by molar-refractivity contribution is 0.171. The first-order valence-corrected chi connectivity index (χ1v) is 8.35. The van der Waals surface area contributed by atoms with Gasteiger partial charge < -0.3 is 20.1 Å². The van der Waals surface area contributed by atoms with E-state index in [-0.39, 0.29) is 6.04 Å². The molecule has 0 radical (unpaired) electrons. The highest BCUT2D eigenvalue weighted by Crippen LogP contribution is 2.32. The van der Waals surface area contributed by atoms with Crippen LogP contribution in [0.4, 0.5) is 13.6 Å². The van der Waals surface area contributed by atoms with Gasteiger partial charge in [0.15, 0.2) is 23.1 Å². The van der Waals surface area contributed by atoms with E-state index in [1.54, 1.807) is 6.92 Å². The summed E-state index contributed by atoms with van der Waals surface area (Å²) in [5.41, 5.74) is 1.34.